The third-order valence-corrected chi connectivity index (χ3v) is 3.90. The lowest BCUT2D eigenvalue weighted by Crippen LogP contribution is -2.27. The summed E-state index contributed by atoms with van der Waals surface area (Å²) in [4.78, 5) is 0. The number of hydrogen-bond acceptors (Lipinski definition) is 4. The first-order valence-electron chi connectivity index (χ1n) is 7.81. The number of benzene rings is 2. The summed E-state index contributed by atoms with van der Waals surface area (Å²) in [7, 11) is 3.29. The van der Waals surface area contributed by atoms with E-state index in [0.717, 1.165) is 22.6 Å². The Labute approximate surface area is 138 Å². The zero-order valence-electron chi connectivity index (χ0n) is 14.0. The van der Waals surface area contributed by atoms with Gasteiger partial charge in [0.2, 0.25) is 0 Å². The van der Waals surface area contributed by atoms with Crippen molar-refractivity contribution in [2.45, 2.75) is 32.0 Å². The van der Waals surface area contributed by atoms with Gasteiger partial charge in [0.15, 0.2) is 0 Å². The van der Waals surface area contributed by atoms with Crippen molar-refractivity contribution >= 4 is 0 Å². The monoisotopic (exact) mass is 315 g/mol. The van der Waals surface area contributed by atoms with E-state index in [-0.39, 0.29) is 6.04 Å². The zero-order valence-corrected chi connectivity index (χ0v) is 14.0. The molecule has 23 heavy (non-hydrogen) atoms. The van der Waals surface area contributed by atoms with Crippen LogP contribution in [-0.4, -0.2) is 25.4 Å². The molecule has 2 rings (SSSR count). The molecular weight excluding hydrogens is 290 g/mol. The Morgan fingerprint density at radius 1 is 1.04 bits per heavy atom. The number of ether oxygens (including phenoxy) is 2. The fraction of sp³-hybridized carbons (Fsp3) is 0.368. The lowest BCUT2D eigenvalue weighted by molar-refractivity contribution is 0.154. The van der Waals surface area contributed by atoms with Gasteiger partial charge in [-0.25, -0.2) is 0 Å². The average molecular weight is 315 g/mol. The van der Waals surface area contributed by atoms with Crippen LogP contribution in [-0.2, 0) is 6.54 Å². The predicted octanol–water partition coefficient (Wildman–Crippen LogP) is 3.31. The Kier molecular flexibility index (Phi) is 6.44. The first-order chi connectivity index (χ1) is 11.1. The summed E-state index contributed by atoms with van der Waals surface area (Å²) in [6, 6.07) is 15.7. The van der Waals surface area contributed by atoms with E-state index in [1.54, 1.807) is 14.2 Å². The minimum Gasteiger partial charge on any atom is -0.497 e. The van der Waals surface area contributed by atoms with Crippen LogP contribution in [0, 0.1) is 0 Å². The average Bonchev–Trinajstić information content (AvgIpc) is 2.60. The van der Waals surface area contributed by atoms with E-state index in [2.05, 4.69) is 12.2 Å². The van der Waals surface area contributed by atoms with E-state index < -0.39 is 6.10 Å². The fourth-order valence-corrected chi connectivity index (χ4v) is 2.51. The molecule has 2 unspecified atom stereocenters. The van der Waals surface area contributed by atoms with E-state index in [9.17, 15) is 5.11 Å². The molecule has 0 saturated heterocycles. The van der Waals surface area contributed by atoms with E-state index in [1.165, 1.54) is 0 Å². The Bertz CT molecular complexity index is 601. The summed E-state index contributed by atoms with van der Waals surface area (Å²) in [6.45, 7) is 2.75. The molecule has 0 heterocycles. The second-order valence-electron chi connectivity index (χ2n) is 5.62. The van der Waals surface area contributed by atoms with Gasteiger partial charge in [0.05, 0.1) is 20.3 Å². The molecule has 4 nitrogen and oxygen atoms in total. The Morgan fingerprint density at radius 3 is 2.43 bits per heavy atom. The molecule has 2 atom stereocenters. The van der Waals surface area contributed by atoms with Crippen LogP contribution in [0.2, 0.25) is 0 Å². The highest BCUT2D eigenvalue weighted by molar-refractivity contribution is 5.40. The smallest absolute Gasteiger partial charge is 0.127 e. The standard InChI is InChI=1S/C19H25NO3/c1-14(11-18(21)15-7-5-4-6-8-15)20-13-16-9-10-17(22-2)12-19(16)23-3/h4-10,12,14,18,20-21H,11,13H2,1-3H3. The molecule has 0 saturated carbocycles. The molecule has 0 aliphatic rings. The molecule has 4 heteroatoms. The van der Waals surface area contributed by atoms with Crippen LogP contribution < -0.4 is 14.8 Å². The highest BCUT2D eigenvalue weighted by atomic mass is 16.5. The van der Waals surface area contributed by atoms with Gasteiger partial charge in [-0.05, 0) is 25.0 Å². The van der Waals surface area contributed by atoms with Gasteiger partial charge in [0.25, 0.3) is 0 Å². The lowest BCUT2D eigenvalue weighted by atomic mass is 10.0. The second-order valence-corrected chi connectivity index (χ2v) is 5.62. The minimum absolute atomic E-state index is 0.178. The summed E-state index contributed by atoms with van der Waals surface area (Å²) < 4.78 is 10.6. The van der Waals surface area contributed by atoms with Crippen LogP contribution >= 0.6 is 0 Å². The molecule has 0 aromatic heterocycles. The molecule has 0 radical (unpaired) electrons. The minimum atomic E-state index is -0.462. The number of hydrogen-bond donors (Lipinski definition) is 2. The van der Waals surface area contributed by atoms with Crippen molar-refractivity contribution in [1.82, 2.24) is 5.32 Å². The number of nitrogens with one attached hydrogen (secondary N) is 1. The maximum Gasteiger partial charge on any atom is 0.127 e. The Hall–Kier alpha value is -2.04. The van der Waals surface area contributed by atoms with E-state index in [1.807, 2.05) is 48.5 Å². The van der Waals surface area contributed by atoms with Gasteiger partial charge >= 0.3 is 0 Å². The predicted molar refractivity (Wildman–Crippen MR) is 91.9 cm³/mol. The SMILES string of the molecule is COc1ccc(CNC(C)CC(O)c2ccccc2)c(OC)c1. The van der Waals surface area contributed by atoms with Crippen molar-refractivity contribution < 1.29 is 14.6 Å². The third-order valence-electron chi connectivity index (χ3n) is 3.90. The molecule has 0 spiro atoms. The fourth-order valence-electron chi connectivity index (χ4n) is 2.51. The molecule has 2 N–H and O–H groups in total. The molecule has 0 aliphatic heterocycles. The molecule has 0 aliphatic carbocycles. The summed E-state index contributed by atoms with van der Waals surface area (Å²) in [5.74, 6) is 1.57. The zero-order chi connectivity index (χ0) is 16.7. The van der Waals surface area contributed by atoms with Crippen LogP contribution in [0.3, 0.4) is 0 Å². The molecule has 0 fully saturated rings. The summed E-state index contributed by atoms with van der Waals surface area (Å²) in [5.41, 5.74) is 2.01. The highest BCUT2D eigenvalue weighted by Crippen LogP contribution is 2.25. The first-order valence-corrected chi connectivity index (χ1v) is 7.81. The molecule has 2 aromatic carbocycles. The number of aliphatic hydroxyl groups excluding tert-OH is 1. The van der Waals surface area contributed by atoms with Crippen molar-refractivity contribution in [3.05, 3.63) is 59.7 Å². The van der Waals surface area contributed by atoms with Gasteiger partial charge in [0.1, 0.15) is 11.5 Å². The first kappa shape index (κ1) is 17.3. The van der Waals surface area contributed by atoms with Crippen molar-refractivity contribution in [1.29, 1.82) is 0 Å². The van der Waals surface area contributed by atoms with Crippen molar-refractivity contribution in [2.75, 3.05) is 14.2 Å². The van der Waals surface area contributed by atoms with Gasteiger partial charge in [-0.15, -0.1) is 0 Å². The van der Waals surface area contributed by atoms with Crippen LogP contribution in [0.25, 0.3) is 0 Å². The largest absolute Gasteiger partial charge is 0.497 e. The maximum atomic E-state index is 10.3. The van der Waals surface area contributed by atoms with Crippen molar-refractivity contribution in [3.63, 3.8) is 0 Å². The summed E-state index contributed by atoms with van der Waals surface area (Å²) in [5, 5.41) is 13.7. The summed E-state index contributed by atoms with van der Waals surface area (Å²) in [6.07, 6.45) is 0.194. The quantitative estimate of drug-likeness (QED) is 0.785. The van der Waals surface area contributed by atoms with Gasteiger partial charge < -0.3 is 19.9 Å². The molecule has 0 bridgehead atoms. The van der Waals surface area contributed by atoms with Gasteiger partial charge in [-0.1, -0.05) is 36.4 Å². The van der Waals surface area contributed by atoms with Gasteiger partial charge in [0, 0.05) is 24.2 Å². The maximum absolute atomic E-state index is 10.3. The normalized spacial score (nSPS) is 13.4. The highest BCUT2D eigenvalue weighted by Gasteiger charge is 2.13. The second kappa shape index (κ2) is 8.56. The molecular formula is C19H25NO3. The van der Waals surface area contributed by atoms with Crippen molar-refractivity contribution in [3.8, 4) is 11.5 Å². The molecule has 0 amide bonds. The molecule has 124 valence electrons. The number of rotatable bonds is 8. The van der Waals surface area contributed by atoms with Gasteiger partial charge in [-0.2, -0.15) is 0 Å². The van der Waals surface area contributed by atoms with E-state index in [0.29, 0.717) is 13.0 Å². The van der Waals surface area contributed by atoms with Crippen LogP contribution in [0.4, 0.5) is 0 Å². The summed E-state index contributed by atoms with van der Waals surface area (Å²) >= 11 is 0. The number of aliphatic hydroxyl groups is 1. The van der Waals surface area contributed by atoms with E-state index in [4.69, 9.17) is 9.47 Å². The Balaban J connectivity index is 1.90. The van der Waals surface area contributed by atoms with E-state index >= 15 is 0 Å². The lowest BCUT2D eigenvalue weighted by Gasteiger charge is -2.19. The van der Waals surface area contributed by atoms with Crippen LogP contribution in [0.15, 0.2) is 48.5 Å². The number of methoxy groups -OCH3 is 2. The molecule has 2 aromatic rings. The van der Waals surface area contributed by atoms with Crippen molar-refractivity contribution in [2.24, 2.45) is 0 Å². The topological polar surface area (TPSA) is 50.7 Å². The third kappa shape index (κ3) is 4.98. The Morgan fingerprint density at radius 2 is 1.78 bits per heavy atom. The van der Waals surface area contributed by atoms with Gasteiger partial charge in [-0.3, -0.25) is 0 Å². The van der Waals surface area contributed by atoms with Crippen LogP contribution in [0.5, 0.6) is 11.5 Å². The van der Waals surface area contributed by atoms with Crippen LogP contribution in [0.1, 0.15) is 30.6 Å².